The van der Waals surface area contributed by atoms with Crippen LogP contribution in [0, 0.1) is 5.92 Å². The van der Waals surface area contributed by atoms with Crippen molar-refractivity contribution in [1.29, 1.82) is 0 Å². The van der Waals surface area contributed by atoms with Gasteiger partial charge in [0, 0.05) is 14.1 Å². The molecule has 0 bridgehead atoms. The first-order chi connectivity index (χ1) is 9.88. The standard InChI is InChI=1S/C17H28N2O2/c1-6-13(12-15(20)18(2)3)16(17(21)19(4)5)14-10-8-7-9-11-14/h7-11,13,15-16,20H,6,12H2,1-5H3. The maximum absolute atomic E-state index is 12.6. The van der Waals surface area contributed by atoms with Gasteiger partial charge in [0.25, 0.3) is 0 Å². The van der Waals surface area contributed by atoms with Crippen molar-refractivity contribution in [2.75, 3.05) is 28.2 Å². The zero-order valence-electron chi connectivity index (χ0n) is 13.8. The van der Waals surface area contributed by atoms with E-state index in [1.165, 1.54) is 0 Å². The predicted octanol–water partition coefficient (Wildman–Crippen LogP) is 2.15. The Morgan fingerprint density at radius 2 is 1.71 bits per heavy atom. The van der Waals surface area contributed by atoms with Crippen LogP contribution in [0.5, 0.6) is 0 Å². The minimum atomic E-state index is -0.531. The Morgan fingerprint density at radius 1 is 1.14 bits per heavy atom. The monoisotopic (exact) mass is 292 g/mol. The molecule has 0 spiro atoms. The fourth-order valence-corrected chi connectivity index (χ4v) is 2.57. The number of rotatable bonds is 7. The number of aliphatic hydroxyl groups excluding tert-OH is 1. The number of carbonyl (C=O) groups excluding carboxylic acids is 1. The lowest BCUT2D eigenvalue weighted by atomic mass is 9.80. The molecule has 3 unspecified atom stereocenters. The summed E-state index contributed by atoms with van der Waals surface area (Å²) in [5, 5.41) is 10.1. The van der Waals surface area contributed by atoms with Crippen molar-refractivity contribution in [3.8, 4) is 0 Å². The molecular formula is C17H28N2O2. The van der Waals surface area contributed by atoms with Crippen molar-refractivity contribution in [3.63, 3.8) is 0 Å². The van der Waals surface area contributed by atoms with Crippen molar-refractivity contribution in [2.24, 2.45) is 5.92 Å². The molecule has 0 saturated heterocycles. The third-order valence-electron chi connectivity index (χ3n) is 3.97. The van der Waals surface area contributed by atoms with Crippen LogP contribution in [0.25, 0.3) is 0 Å². The van der Waals surface area contributed by atoms with Gasteiger partial charge in [0.05, 0.1) is 5.92 Å². The summed E-state index contributed by atoms with van der Waals surface area (Å²) in [6.07, 6.45) is 0.906. The van der Waals surface area contributed by atoms with Gasteiger partial charge in [-0.2, -0.15) is 0 Å². The SMILES string of the molecule is CCC(CC(O)N(C)C)C(C(=O)N(C)C)c1ccccc1. The van der Waals surface area contributed by atoms with Crippen LogP contribution in [0.3, 0.4) is 0 Å². The van der Waals surface area contributed by atoms with E-state index >= 15 is 0 Å². The van der Waals surface area contributed by atoms with Gasteiger partial charge in [0.1, 0.15) is 6.23 Å². The second-order valence-corrected chi connectivity index (χ2v) is 5.97. The second kappa shape index (κ2) is 8.15. The first-order valence-electron chi connectivity index (χ1n) is 7.49. The molecule has 3 atom stereocenters. The van der Waals surface area contributed by atoms with Crippen LogP contribution < -0.4 is 0 Å². The van der Waals surface area contributed by atoms with E-state index in [2.05, 4.69) is 6.92 Å². The molecule has 1 amide bonds. The van der Waals surface area contributed by atoms with Gasteiger partial charge in [0.2, 0.25) is 5.91 Å². The van der Waals surface area contributed by atoms with Gasteiger partial charge in [-0.1, -0.05) is 43.7 Å². The van der Waals surface area contributed by atoms with Crippen molar-refractivity contribution in [3.05, 3.63) is 35.9 Å². The van der Waals surface area contributed by atoms with E-state index in [0.29, 0.717) is 6.42 Å². The highest BCUT2D eigenvalue weighted by molar-refractivity contribution is 5.83. The lowest BCUT2D eigenvalue weighted by Gasteiger charge is -2.31. The Hall–Kier alpha value is -1.39. The number of benzene rings is 1. The molecule has 4 heteroatoms. The second-order valence-electron chi connectivity index (χ2n) is 5.97. The zero-order chi connectivity index (χ0) is 16.0. The highest BCUT2D eigenvalue weighted by Gasteiger charge is 2.31. The molecule has 1 rings (SSSR count). The molecule has 21 heavy (non-hydrogen) atoms. The van der Waals surface area contributed by atoms with E-state index in [1.807, 2.05) is 44.4 Å². The third-order valence-corrected chi connectivity index (χ3v) is 3.97. The average molecular weight is 292 g/mol. The Kier molecular flexibility index (Phi) is 6.85. The molecule has 0 heterocycles. The maximum atomic E-state index is 12.6. The number of carbonyl (C=O) groups is 1. The van der Waals surface area contributed by atoms with Gasteiger partial charge in [-0.05, 0) is 32.0 Å². The molecule has 0 aromatic heterocycles. The lowest BCUT2D eigenvalue weighted by molar-refractivity contribution is -0.132. The Morgan fingerprint density at radius 3 is 2.14 bits per heavy atom. The van der Waals surface area contributed by atoms with E-state index < -0.39 is 6.23 Å². The number of hydrogen-bond donors (Lipinski definition) is 1. The number of likely N-dealkylation sites (N-methyl/N-ethyl adjacent to an activating group) is 1. The smallest absolute Gasteiger partial charge is 0.229 e. The molecular weight excluding hydrogens is 264 g/mol. The van der Waals surface area contributed by atoms with Gasteiger partial charge in [0.15, 0.2) is 0 Å². The first kappa shape index (κ1) is 17.7. The molecule has 0 radical (unpaired) electrons. The van der Waals surface area contributed by atoms with Crippen molar-refractivity contribution in [1.82, 2.24) is 9.80 Å². The summed E-state index contributed by atoms with van der Waals surface area (Å²) >= 11 is 0. The summed E-state index contributed by atoms with van der Waals surface area (Å²) < 4.78 is 0. The van der Waals surface area contributed by atoms with Gasteiger partial charge >= 0.3 is 0 Å². The van der Waals surface area contributed by atoms with E-state index in [-0.39, 0.29) is 17.7 Å². The van der Waals surface area contributed by atoms with E-state index in [0.717, 1.165) is 12.0 Å². The van der Waals surface area contributed by atoms with Crippen LogP contribution in [-0.2, 0) is 4.79 Å². The maximum Gasteiger partial charge on any atom is 0.229 e. The Labute approximate surface area is 128 Å². The Balaban J connectivity index is 3.07. The Bertz CT molecular complexity index is 432. The largest absolute Gasteiger partial charge is 0.378 e. The summed E-state index contributed by atoms with van der Waals surface area (Å²) in [5.41, 5.74) is 1.02. The number of nitrogens with zero attached hydrogens (tertiary/aromatic N) is 2. The van der Waals surface area contributed by atoms with E-state index in [4.69, 9.17) is 0 Å². The minimum Gasteiger partial charge on any atom is -0.378 e. The summed E-state index contributed by atoms with van der Waals surface area (Å²) in [7, 11) is 7.27. The molecule has 0 fully saturated rings. The summed E-state index contributed by atoms with van der Waals surface area (Å²) in [5.74, 6) is -0.000457. The molecule has 0 aliphatic heterocycles. The third kappa shape index (κ3) is 4.83. The molecule has 1 aromatic carbocycles. The van der Waals surface area contributed by atoms with Crippen molar-refractivity contribution in [2.45, 2.75) is 31.9 Å². The van der Waals surface area contributed by atoms with Crippen molar-refractivity contribution >= 4 is 5.91 Å². The van der Waals surface area contributed by atoms with Gasteiger partial charge < -0.3 is 10.0 Å². The number of aliphatic hydroxyl groups is 1. The molecule has 0 aliphatic rings. The van der Waals surface area contributed by atoms with Gasteiger partial charge in [-0.15, -0.1) is 0 Å². The molecule has 0 saturated carbocycles. The summed E-state index contributed by atoms with van der Waals surface area (Å²) in [6, 6.07) is 9.87. The van der Waals surface area contributed by atoms with Crippen LogP contribution in [0.4, 0.5) is 0 Å². The molecule has 4 nitrogen and oxygen atoms in total. The van der Waals surface area contributed by atoms with Gasteiger partial charge in [-0.25, -0.2) is 0 Å². The van der Waals surface area contributed by atoms with Gasteiger partial charge in [-0.3, -0.25) is 9.69 Å². The topological polar surface area (TPSA) is 43.8 Å². The molecule has 1 aromatic rings. The van der Waals surface area contributed by atoms with Crippen LogP contribution >= 0.6 is 0 Å². The van der Waals surface area contributed by atoms with Crippen LogP contribution in [0.2, 0.25) is 0 Å². The fourth-order valence-electron chi connectivity index (χ4n) is 2.57. The molecule has 0 aliphatic carbocycles. The van der Waals surface area contributed by atoms with Crippen LogP contribution in [-0.4, -0.2) is 55.2 Å². The predicted molar refractivity (Wildman–Crippen MR) is 86.0 cm³/mol. The quantitative estimate of drug-likeness (QED) is 0.783. The highest BCUT2D eigenvalue weighted by Crippen LogP contribution is 2.32. The highest BCUT2D eigenvalue weighted by atomic mass is 16.3. The van der Waals surface area contributed by atoms with Crippen LogP contribution in [0.1, 0.15) is 31.2 Å². The average Bonchev–Trinajstić information content (AvgIpc) is 2.46. The number of hydrogen-bond acceptors (Lipinski definition) is 3. The molecule has 1 N–H and O–H groups in total. The molecule has 118 valence electrons. The minimum absolute atomic E-state index is 0.0963. The van der Waals surface area contributed by atoms with Crippen LogP contribution in [0.15, 0.2) is 30.3 Å². The summed E-state index contributed by atoms with van der Waals surface area (Å²) in [6.45, 7) is 2.08. The first-order valence-corrected chi connectivity index (χ1v) is 7.49. The lowest BCUT2D eigenvalue weighted by Crippen LogP contribution is -2.36. The van der Waals surface area contributed by atoms with E-state index in [1.54, 1.807) is 23.9 Å². The normalized spacial score (nSPS) is 15.6. The zero-order valence-corrected chi connectivity index (χ0v) is 13.8. The summed E-state index contributed by atoms with van der Waals surface area (Å²) in [4.78, 5) is 16.0. The number of amides is 1. The fraction of sp³-hybridized carbons (Fsp3) is 0.588. The van der Waals surface area contributed by atoms with E-state index in [9.17, 15) is 9.90 Å². The van der Waals surface area contributed by atoms with Crippen molar-refractivity contribution < 1.29 is 9.90 Å².